The topological polar surface area (TPSA) is 81.7 Å². The van der Waals surface area contributed by atoms with Crippen LogP contribution in [0.4, 0.5) is 11.8 Å². The lowest BCUT2D eigenvalue weighted by molar-refractivity contribution is 0.560. The molecule has 0 spiro atoms. The molecule has 0 aliphatic carbocycles. The average Bonchev–Trinajstić information content (AvgIpc) is 3.07. The molecule has 0 radical (unpaired) electrons. The van der Waals surface area contributed by atoms with E-state index in [1.54, 1.807) is 17.5 Å². The fourth-order valence-corrected chi connectivity index (χ4v) is 3.21. The molecule has 3 aromatic rings. The second kappa shape index (κ2) is 5.69. The number of nitrogens with one attached hydrogen (secondary N) is 1. The van der Waals surface area contributed by atoms with Gasteiger partial charge in [0.05, 0.1) is 11.9 Å². The van der Waals surface area contributed by atoms with Gasteiger partial charge in [-0.1, -0.05) is 6.92 Å². The summed E-state index contributed by atoms with van der Waals surface area (Å²) in [5.41, 5.74) is 5.81. The monoisotopic (exact) mass is 302 g/mol. The van der Waals surface area contributed by atoms with Crippen LogP contribution in [-0.2, 0) is 13.0 Å². The van der Waals surface area contributed by atoms with E-state index in [-0.39, 0.29) is 6.04 Å². The van der Waals surface area contributed by atoms with Crippen molar-refractivity contribution in [3.8, 4) is 0 Å². The van der Waals surface area contributed by atoms with Gasteiger partial charge in [0.1, 0.15) is 10.6 Å². The third-order valence-electron chi connectivity index (χ3n) is 3.21. The van der Waals surface area contributed by atoms with Gasteiger partial charge in [-0.15, -0.1) is 11.3 Å². The zero-order valence-electron chi connectivity index (χ0n) is 12.1. The van der Waals surface area contributed by atoms with E-state index < -0.39 is 0 Å². The number of anilines is 2. The van der Waals surface area contributed by atoms with Crippen LogP contribution in [-0.4, -0.2) is 25.8 Å². The molecule has 6 nitrogen and oxygen atoms in total. The number of nitrogen functional groups attached to an aromatic ring is 1. The fraction of sp³-hybridized carbons (Fsp3) is 0.357. The molecule has 0 saturated carbocycles. The molecule has 3 N–H and O–H groups in total. The van der Waals surface area contributed by atoms with Gasteiger partial charge in [0, 0.05) is 23.3 Å². The lowest BCUT2D eigenvalue weighted by atomic mass is 10.2. The van der Waals surface area contributed by atoms with Crippen LogP contribution >= 0.6 is 11.3 Å². The number of thiophene rings is 1. The predicted octanol–water partition coefficient (Wildman–Crippen LogP) is 2.53. The van der Waals surface area contributed by atoms with E-state index in [0.29, 0.717) is 5.95 Å². The van der Waals surface area contributed by atoms with E-state index >= 15 is 0 Å². The molecule has 1 atom stereocenters. The van der Waals surface area contributed by atoms with E-state index in [9.17, 15) is 0 Å². The van der Waals surface area contributed by atoms with Gasteiger partial charge in [0.15, 0.2) is 0 Å². The quantitative estimate of drug-likeness (QED) is 0.757. The Labute approximate surface area is 127 Å². The third-order valence-corrected chi connectivity index (χ3v) is 4.39. The highest BCUT2D eigenvalue weighted by atomic mass is 32.1. The van der Waals surface area contributed by atoms with Crippen molar-refractivity contribution in [2.45, 2.75) is 32.9 Å². The van der Waals surface area contributed by atoms with Gasteiger partial charge in [-0.25, -0.2) is 4.98 Å². The normalized spacial score (nSPS) is 12.7. The molecule has 0 aliphatic heterocycles. The van der Waals surface area contributed by atoms with Crippen LogP contribution in [0.1, 0.15) is 18.7 Å². The molecule has 0 bridgehead atoms. The summed E-state index contributed by atoms with van der Waals surface area (Å²) >= 11 is 1.67. The Hall–Kier alpha value is -2.15. The second-order valence-corrected chi connectivity index (χ2v) is 6.10. The summed E-state index contributed by atoms with van der Waals surface area (Å²) in [5.74, 6) is 1.11. The van der Waals surface area contributed by atoms with Crippen molar-refractivity contribution in [1.29, 1.82) is 0 Å². The standard InChI is InChI=1S/C14H18N6S/c1-3-10-7-11-12(18-14(15)19-13(11)21-10)17-9(2)8-20-6-4-5-16-20/h4-7,9H,3,8H2,1-2H3,(H3,15,17,18,19). The number of aryl methyl sites for hydroxylation is 1. The summed E-state index contributed by atoms with van der Waals surface area (Å²) in [6.45, 7) is 5.00. The number of rotatable bonds is 5. The highest BCUT2D eigenvalue weighted by Gasteiger charge is 2.12. The predicted molar refractivity (Wildman–Crippen MR) is 86.5 cm³/mol. The summed E-state index contributed by atoms with van der Waals surface area (Å²) in [7, 11) is 0. The lowest BCUT2D eigenvalue weighted by Gasteiger charge is -2.15. The highest BCUT2D eigenvalue weighted by molar-refractivity contribution is 7.18. The van der Waals surface area contributed by atoms with E-state index in [0.717, 1.165) is 29.0 Å². The Morgan fingerprint density at radius 2 is 2.29 bits per heavy atom. The number of fused-ring (bicyclic) bond motifs is 1. The van der Waals surface area contributed by atoms with Gasteiger partial charge < -0.3 is 11.1 Å². The highest BCUT2D eigenvalue weighted by Crippen LogP contribution is 2.30. The van der Waals surface area contributed by atoms with Crippen LogP contribution in [0, 0.1) is 0 Å². The van der Waals surface area contributed by atoms with E-state index in [4.69, 9.17) is 5.73 Å². The molecule has 0 aliphatic rings. The molecule has 110 valence electrons. The zero-order valence-corrected chi connectivity index (χ0v) is 12.9. The van der Waals surface area contributed by atoms with Crippen LogP contribution in [0.3, 0.4) is 0 Å². The summed E-state index contributed by atoms with van der Waals surface area (Å²) < 4.78 is 1.89. The van der Waals surface area contributed by atoms with Gasteiger partial charge in [-0.3, -0.25) is 4.68 Å². The van der Waals surface area contributed by atoms with Crippen molar-refractivity contribution in [2.24, 2.45) is 0 Å². The van der Waals surface area contributed by atoms with Crippen molar-refractivity contribution in [2.75, 3.05) is 11.1 Å². The largest absolute Gasteiger partial charge is 0.368 e. The number of hydrogen-bond acceptors (Lipinski definition) is 6. The Bertz CT molecular complexity index is 733. The molecule has 0 fully saturated rings. The van der Waals surface area contributed by atoms with E-state index in [1.165, 1.54) is 4.88 Å². The second-order valence-electron chi connectivity index (χ2n) is 4.99. The molecule has 1 unspecified atom stereocenters. The maximum atomic E-state index is 5.81. The van der Waals surface area contributed by atoms with Gasteiger partial charge in [0.25, 0.3) is 0 Å². The summed E-state index contributed by atoms with van der Waals surface area (Å²) in [6.07, 6.45) is 4.71. The minimum atomic E-state index is 0.187. The van der Waals surface area contributed by atoms with Crippen LogP contribution in [0.15, 0.2) is 24.5 Å². The summed E-state index contributed by atoms with van der Waals surface area (Å²) in [6, 6.07) is 4.25. The zero-order chi connectivity index (χ0) is 14.8. The summed E-state index contributed by atoms with van der Waals surface area (Å²) in [4.78, 5) is 10.9. The molecule has 0 amide bonds. The molecule has 0 aromatic carbocycles. The first-order valence-corrected chi connectivity index (χ1v) is 7.77. The fourth-order valence-electron chi connectivity index (χ4n) is 2.24. The first-order chi connectivity index (χ1) is 10.2. The van der Waals surface area contributed by atoms with Gasteiger partial charge in [-0.2, -0.15) is 10.1 Å². The lowest BCUT2D eigenvalue weighted by Crippen LogP contribution is -2.23. The summed E-state index contributed by atoms with van der Waals surface area (Å²) in [5, 5.41) is 8.67. The van der Waals surface area contributed by atoms with Crippen molar-refractivity contribution >= 4 is 33.3 Å². The van der Waals surface area contributed by atoms with Crippen molar-refractivity contribution in [3.05, 3.63) is 29.4 Å². The van der Waals surface area contributed by atoms with Crippen LogP contribution in [0.5, 0.6) is 0 Å². The van der Waals surface area contributed by atoms with E-state index in [2.05, 4.69) is 40.3 Å². The minimum Gasteiger partial charge on any atom is -0.368 e. The van der Waals surface area contributed by atoms with Crippen LogP contribution in [0.2, 0.25) is 0 Å². The molecule has 21 heavy (non-hydrogen) atoms. The molecule has 3 aromatic heterocycles. The van der Waals surface area contributed by atoms with Gasteiger partial charge in [0.2, 0.25) is 5.95 Å². The number of hydrogen-bond donors (Lipinski definition) is 2. The maximum absolute atomic E-state index is 5.81. The maximum Gasteiger partial charge on any atom is 0.223 e. The first-order valence-electron chi connectivity index (χ1n) is 6.95. The van der Waals surface area contributed by atoms with Crippen LogP contribution < -0.4 is 11.1 Å². The van der Waals surface area contributed by atoms with Gasteiger partial charge in [-0.05, 0) is 25.5 Å². The number of nitrogens with zero attached hydrogens (tertiary/aromatic N) is 4. The molecule has 0 saturated heterocycles. The molecular formula is C14H18N6S. The Balaban J connectivity index is 1.86. The number of aromatic nitrogens is 4. The van der Waals surface area contributed by atoms with E-state index in [1.807, 2.05) is 16.9 Å². The molecule has 3 rings (SSSR count). The Kier molecular flexibility index (Phi) is 3.74. The third kappa shape index (κ3) is 2.97. The van der Waals surface area contributed by atoms with Crippen LogP contribution in [0.25, 0.3) is 10.2 Å². The molecule has 3 heterocycles. The molecule has 7 heteroatoms. The minimum absolute atomic E-state index is 0.187. The SMILES string of the molecule is CCc1cc2c(NC(C)Cn3cccn3)nc(N)nc2s1. The molecular weight excluding hydrogens is 284 g/mol. The Morgan fingerprint density at radius 1 is 1.43 bits per heavy atom. The smallest absolute Gasteiger partial charge is 0.223 e. The van der Waals surface area contributed by atoms with Crippen molar-refractivity contribution in [3.63, 3.8) is 0 Å². The van der Waals surface area contributed by atoms with Crippen molar-refractivity contribution in [1.82, 2.24) is 19.7 Å². The first kappa shape index (κ1) is 13.8. The Morgan fingerprint density at radius 3 is 3.00 bits per heavy atom. The number of nitrogens with two attached hydrogens (primary N) is 1. The average molecular weight is 302 g/mol. The van der Waals surface area contributed by atoms with Gasteiger partial charge >= 0.3 is 0 Å². The van der Waals surface area contributed by atoms with Crippen molar-refractivity contribution < 1.29 is 0 Å².